The van der Waals surface area contributed by atoms with E-state index in [4.69, 9.17) is 24.0 Å². The molecule has 5 radical (unpaired) electrons. The smallest absolute Gasteiger partial charge is 0.542 e. The van der Waals surface area contributed by atoms with Crippen LogP contribution in [0.5, 0.6) is 0 Å². The average Bonchev–Trinajstić information content (AvgIpc) is 2.09. The van der Waals surface area contributed by atoms with Gasteiger partial charge in [0.15, 0.2) is 0 Å². The van der Waals surface area contributed by atoms with Gasteiger partial charge < -0.3 is 24.0 Å². The van der Waals surface area contributed by atoms with E-state index in [9.17, 15) is 0 Å². The van der Waals surface area contributed by atoms with Crippen molar-refractivity contribution >= 4 is 31.4 Å². The summed E-state index contributed by atoms with van der Waals surface area (Å²) < 4.78 is 0. The molecule has 0 rings (SSSR count). The first kappa shape index (κ1) is 100. The Morgan fingerprint density at radius 2 is 0.320 bits per heavy atom. The van der Waals surface area contributed by atoms with Crippen LogP contribution in [0.4, 0.5) is 0 Å². The van der Waals surface area contributed by atoms with Crippen LogP contribution < -0.4 is 148 Å². The Balaban J connectivity index is -0.00000000350. The maximum atomic E-state index is 8.68. The summed E-state index contributed by atoms with van der Waals surface area (Å²) in [5.41, 5.74) is 0. The summed E-state index contributed by atoms with van der Waals surface area (Å²) in [5, 5.41) is 0. The summed E-state index contributed by atoms with van der Waals surface area (Å²) in [4.78, 5) is 43.4. The SMILES string of the molecule is C[C-]=O.C[C-]=O.C[C-]=O.C[C-]=O.C[C-]=O.[Ac].[Ac].[Ac].[Ac].[Ac].[Na+].[Na+].[Na+].[Na+].[Na+]. The minimum Gasteiger partial charge on any atom is -0.542 e. The number of hydrogen-bond donors (Lipinski definition) is 0. The summed E-state index contributed by atoms with van der Waals surface area (Å²) in [6.07, 6.45) is 7.50. The molecule has 0 N–H and O–H groups in total. The summed E-state index contributed by atoms with van der Waals surface area (Å²) in [7, 11) is 0. The molecule has 15 heteroatoms. The molecule has 0 bridgehead atoms. The van der Waals surface area contributed by atoms with Crippen LogP contribution in [0.15, 0.2) is 0 Å². The van der Waals surface area contributed by atoms with Crippen molar-refractivity contribution in [2.45, 2.75) is 34.6 Å². The van der Waals surface area contributed by atoms with E-state index in [1.807, 2.05) is 0 Å². The molecule has 0 aliphatic carbocycles. The molecule has 0 spiro atoms. The zero-order valence-corrected chi connectivity index (χ0v) is 51.2. The van der Waals surface area contributed by atoms with Crippen LogP contribution in [-0.4, -0.2) is 31.4 Å². The maximum Gasteiger partial charge on any atom is 1.00 e. The molecule has 0 aromatic heterocycles. The first-order valence-electron chi connectivity index (χ1n) is 3.52. The van der Waals surface area contributed by atoms with Crippen LogP contribution in [0, 0.1) is 220 Å². The van der Waals surface area contributed by atoms with E-state index in [-0.39, 0.29) is 368 Å². The average molecular weight is 1470 g/mol. The zero-order valence-electron chi connectivity index (χ0n) is 17.4. The predicted molar refractivity (Wildman–Crippen MR) is 56.8 cm³/mol. The van der Waals surface area contributed by atoms with Crippen LogP contribution in [0.3, 0.4) is 0 Å². The van der Waals surface area contributed by atoms with Gasteiger partial charge in [-0.3, -0.25) is 31.4 Å². The fourth-order valence-corrected chi connectivity index (χ4v) is 0. The van der Waals surface area contributed by atoms with E-state index >= 15 is 0 Å². The third-order valence-electron chi connectivity index (χ3n) is 0. The van der Waals surface area contributed by atoms with Gasteiger partial charge in [0.1, 0.15) is 0 Å². The molecule has 0 aliphatic heterocycles. The van der Waals surface area contributed by atoms with Crippen molar-refractivity contribution in [3.63, 3.8) is 0 Å². The molecule has 0 heterocycles. The van der Waals surface area contributed by atoms with E-state index < -0.39 is 0 Å². The predicted octanol–water partition coefficient (Wildman–Crippen LogP) is -14.4. The number of carbonyl (C=O) groups excluding carboxylic acids is 5. The van der Waals surface area contributed by atoms with Gasteiger partial charge in [0.05, 0.1) is 0 Å². The van der Waals surface area contributed by atoms with Gasteiger partial charge >= 0.3 is 148 Å². The number of hydrogen-bond acceptors (Lipinski definition) is 5. The molecule has 0 saturated heterocycles. The van der Waals surface area contributed by atoms with Crippen molar-refractivity contribution in [2.24, 2.45) is 0 Å². The van der Waals surface area contributed by atoms with Crippen molar-refractivity contribution in [1.29, 1.82) is 0 Å². The van der Waals surface area contributed by atoms with Crippen LogP contribution in [0.2, 0.25) is 0 Å². The summed E-state index contributed by atoms with van der Waals surface area (Å²) >= 11 is 0. The van der Waals surface area contributed by atoms with Gasteiger partial charge in [-0.25, -0.2) is 0 Å². The number of rotatable bonds is 0. The van der Waals surface area contributed by atoms with Gasteiger partial charge in [-0.1, -0.05) is 0 Å². The third-order valence-corrected chi connectivity index (χ3v) is 0. The minimum atomic E-state index is 0. The quantitative estimate of drug-likeness (QED) is 0.178. The molecule has 105 valence electrons. The van der Waals surface area contributed by atoms with Gasteiger partial charge in [0.25, 0.3) is 0 Å². The molecule has 5 nitrogen and oxygen atoms in total. The van der Waals surface area contributed by atoms with Crippen LogP contribution in [-0.2, 0) is 24.0 Å². The van der Waals surface area contributed by atoms with Crippen molar-refractivity contribution in [2.75, 3.05) is 0 Å². The Kier molecular flexibility index (Phi) is 646. The largest absolute Gasteiger partial charge is 1.00 e. The van der Waals surface area contributed by atoms with Gasteiger partial charge in [-0.15, -0.1) is 0 Å². The second kappa shape index (κ2) is 161. The van der Waals surface area contributed by atoms with E-state index in [0.29, 0.717) is 0 Å². The topological polar surface area (TPSA) is 85.3 Å². The summed E-state index contributed by atoms with van der Waals surface area (Å²) in [6.45, 7) is 6.60. The first-order chi connectivity index (χ1) is 7.07. The molecule has 0 atom stereocenters. The van der Waals surface area contributed by atoms with Gasteiger partial charge in [0.2, 0.25) is 0 Å². The molecule has 0 aromatic rings. The van der Waals surface area contributed by atoms with Gasteiger partial charge in [-0.2, -0.15) is 34.6 Å². The van der Waals surface area contributed by atoms with Gasteiger partial charge in [0, 0.05) is 220 Å². The van der Waals surface area contributed by atoms with Crippen LogP contribution in [0.1, 0.15) is 34.6 Å². The normalized spacial score (nSPS) is 2.60. The Labute approximate surface area is 443 Å². The van der Waals surface area contributed by atoms with Crippen LogP contribution >= 0.6 is 0 Å². The van der Waals surface area contributed by atoms with Crippen molar-refractivity contribution in [1.82, 2.24) is 0 Å². The second-order valence-corrected chi connectivity index (χ2v) is 1.02. The minimum absolute atomic E-state index is 0. The summed E-state index contributed by atoms with van der Waals surface area (Å²) in [5.74, 6) is 0. The van der Waals surface area contributed by atoms with E-state index in [1.54, 1.807) is 0 Å². The first-order valence-corrected chi connectivity index (χ1v) is 3.52. The van der Waals surface area contributed by atoms with Gasteiger partial charge in [-0.05, 0) is 0 Å². The monoisotopic (exact) mass is 1470 g/mol. The van der Waals surface area contributed by atoms with Crippen molar-refractivity contribution in [3.8, 4) is 0 Å². The fourth-order valence-electron chi connectivity index (χ4n) is 0. The Hall–Kier alpha value is 10.6. The standard InChI is InChI=1S/5C2H3O.5Ac.5Na/c5*1-2-3;;;;;;;;;;/h5*1H3;;;;;;;;;;/q5*-1;;;;;;5*+1. The molecular weight excluding hydrogens is 1450 g/mol. The molecule has 0 unspecified atom stereocenters. The fraction of sp³-hybridized carbons (Fsp3) is 0.500. The zero-order chi connectivity index (χ0) is 13.5. The molecule has 0 aliphatic rings. The molecule has 0 aromatic carbocycles. The van der Waals surface area contributed by atoms with E-state index in [0.717, 1.165) is 0 Å². The van der Waals surface area contributed by atoms with Crippen molar-refractivity contribution < 1.29 is 392 Å². The molecule has 0 saturated carbocycles. The van der Waals surface area contributed by atoms with E-state index in [1.165, 1.54) is 66.0 Å². The van der Waals surface area contributed by atoms with E-state index in [2.05, 4.69) is 0 Å². The second-order valence-electron chi connectivity index (χ2n) is 1.02. The Morgan fingerprint density at radius 1 is 0.320 bits per heavy atom. The molecular formula is C10H15Ac5Na5O5. The third kappa shape index (κ3) is 329. The Bertz CT molecular complexity index is 120. The Morgan fingerprint density at radius 3 is 0.320 bits per heavy atom. The maximum absolute atomic E-state index is 8.68. The van der Waals surface area contributed by atoms with Crippen molar-refractivity contribution in [3.05, 3.63) is 0 Å². The van der Waals surface area contributed by atoms with Crippen LogP contribution in [0.25, 0.3) is 0 Å². The summed E-state index contributed by atoms with van der Waals surface area (Å²) in [6, 6.07) is 0. The molecule has 25 heavy (non-hydrogen) atoms. The molecule has 0 amide bonds. The molecule has 0 fully saturated rings.